The van der Waals surface area contributed by atoms with Crippen LogP contribution in [0.2, 0.25) is 0 Å². The maximum Gasteiger partial charge on any atom is 0.161 e. The number of aliphatic hydroxyl groups excluding tert-OH is 3. The number of allylic oxidation sites excluding steroid dienone is 3. The summed E-state index contributed by atoms with van der Waals surface area (Å²) in [4.78, 5) is 12.8. The van der Waals surface area contributed by atoms with Gasteiger partial charge in [0.05, 0.1) is 24.4 Å². The summed E-state index contributed by atoms with van der Waals surface area (Å²) in [5, 5.41) is 33.2. The van der Waals surface area contributed by atoms with Gasteiger partial charge in [-0.15, -0.1) is 0 Å². The Morgan fingerprint density at radius 1 is 0.971 bits per heavy atom. The molecule has 5 rings (SSSR count). The molecule has 0 aromatic carbocycles. The van der Waals surface area contributed by atoms with Crippen molar-refractivity contribution < 1.29 is 24.9 Å². The van der Waals surface area contributed by atoms with E-state index in [1.54, 1.807) is 0 Å². The molecule has 5 aliphatic rings. The minimum absolute atomic E-state index is 0.0771. The fourth-order valence-corrected chi connectivity index (χ4v) is 9.68. The second kappa shape index (κ2) is 7.75. The Morgan fingerprint density at radius 2 is 1.66 bits per heavy atom. The van der Waals surface area contributed by atoms with E-state index in [0.29, 0.717) is 25.4 Å². The van der Waals surface area contributed by atoms with Gasteiger partial charge in [-0.2, -0.15) is 0 Å². The summed E-state index contributed by atoms with van der Waals surface area (Å²) in [5.41, 5.74) is -0.431. The zero-order valence-electron chi connectivity index (χ0n) is 22.7. The predicted octanol–water partition coefficient (Wildman–Crippen LogP) is 4.44. The van der Waals surface area contributed by atoms with Crippen LogP contribution in [0.3, 0.4) is 0 Å². The number of fused-ring (bicyclic) bond motifs is 5. The third-order valence-corrected chi connectivity index (χ3v) is 11.9. The van der Waals surface area contributed by atoms with Gasteiger partial charge in [0, 0.05) is 10.8 Å². The van der Waals surface area contributed by atoms with Crippen LogP contribution in [0.1, 0.15) is 80.6 Å². The fourth-order valence-electron chi connectivity index (χ4n) is 9.68. The van der Waals surface area contributed by atoms with Crippen molar-refractivity contribution in [1.82, 2.24) is 0 Å². The Kier molecular flexibility index (Phi) is 5.68. The molecule has 5 nitrogen and oxygen atoms in total. The Balaban J connectivity index is 1.49. The van der Waals surface area contributed by atoms with Gasteiger partial charge >= 0.3 is 0 Å². The molecular formula is C30H46O5. The van der Waals surface area contributed by atoms with Crippen LogP contribution < -0.4 is 0 Å². The van der Waals surface area contributed by atoms with Crippen molar-refractivity contribution in [3.8, 4) is 0 Å². The first-order chi connectivity index (χ1) is 16.1. The number of hydrogen-bond donors (Lipinski definition) is 3. The molecule has 0 amide bonds. The average Bonchev–Trinajstić information content (AvgIpc) is 3.09. The fraction of sp³-hybridized carbons (Fsp3) is 0.833. The third kappa shape index (κ3) is 3.30. The van der Waals surface area contributed by atoms with E-state index in [9.17, 15) is 20.1 Å². The summed E-state index contributed by atoms with van der Waals surface area (Å²) in [6.45, 7) is 15.3. The molecular weight excluding hydrogens is 440 g/mol. The van der Waals surface area contributed by atoms with E-state index >= 15 is 0 Å². The Bertz CT molecular complexity index is 964. The van der Waals surface area contributed by atoms with E-state index in [2.05, 4.69) is 46.8 Å². The highest BCUT2D eigenvalue weighted by Gasteiger charge is 2.67. The van der Waals surface area contributed by atoms with Gasteiger partial charge in [0.1, 0.15) is 6.10 Å². The number of carbonyl (C=O) groups is 1. The second-order valence-electron chi connectivity index (χ2n) is 14.3. The molecule has 4 aliphatic carbocycles. The lowest BCUT2D eigenvalue weighted by molar-refractivity contribution is -0.166. The molecule has 0 aromatic rings. The highest BCUT2D eigenvalue weighted by Crippen LogP contribution is 2.72. The number of ether oxygens (including phenoxy) is 1. The van der Waals surface area contributed by atoms with Gasteiger partial charge in [-0.05, 0) is 86.5 Å². The zero-order chi connectivity index (χ0) is 25.8. The van der Waals surface area contributed by atoms with Crippen molar-refractivity contribution in [1.29, 1.82) is 0 Å². The van der Waals surface area contributed by atoms with Crippen LogP contribution in [0.15, 0.2) is 23.8 Å². The van der Waals surface area contributed by atoms with Crippen LogP contribution in [0.4, 0.5) is 0 Å². The highest BCUT2D eigenvalue weighted by atomic mass is 16.5. The maximum atomic E-state index is 12.8. The van der Waals surface area contributed by atoms with Crippen LogP contribution in [-0.2, 0) is 9.53 Å². The topological polar surface area (TPSA) is 87.0 Å². The summed E-state index contributed by atoms with van der Waals surface area (Å²) < 4.78 is 6.17. The van der Waals surface area contributed by atoms with Gasteiger partial charge in [0.2, 0.25) is 0 Å². The van der Waals surface area contributed by atoms with Crippen molar-refractivity contribution in [2.45, 2.75) is 104 Å². The molecule has 0 unspecified atom stereocenters. The van der Waals surface area contributed by atoms with Crippen molar-refractivity contribution in [2.75, 3.05) is 6.61 Å². The molecule has 5 heteroatoms. The lowest BCUT2D eigenvalue weighted by Gasteiger charge is -2.66. The van der Waals surface area contributed by atoms with Gasteiger partial charge in [-0.25, -0.2) is 0 Å². The Morgan fingerprint density at radius 3 is 2.34 bits per heavy atom. The number of hydrogen-bond acceptors (Lipinski definition) is 5. The lowest BCUT2D eigenvalue weighted by Crippen LogP contribution is -2.63. The van der Waals surface area contributed by atoms with E-state index in [1.165, 1.54) is 5.57 Å². The van der Waals surface area contributed by atoms with Crippen LogP contribution in [-0.4, -0.2) is 51.6 Å². The molecule has 196 valence electrons. The molecule has 35 heavy (non-hydrogen) atoms. The van der Waals surface area contributed by atoms with E-state index in [4.69, 9.17) is 4.74 Å². The first-order valence-electron chi connectivity index (χ1n) is 13.7. The van der Waals surface area contributed by atoms with E-state index in [0.717, 1.165) is 19.3 Å². The highest BCUT2D eigenvalue weighted by molar-refractivity contribution is 5.95. The normalized spacial score (nSPS) is 52.7. The molecule has 0 aromatic heterocycles. The first kappa shape index (κ1) is 25.6. The summed E-state index contributed by atoms with van der Waals surface area (Å²) in [5.74, 6) is 1.02. The molecule has 0 bridgehead atoms. The summed E-state index contributed by atoms with van der Waals surface area (Å²) >= 11 is 0. The molecule has 2 saturated carbocycles. The molecule has 10 atom stereocenters. The van der Waals surface area contributed by atoms with Crippen LogP contribution in [0.25, 0.3) is 0 Å². The molecule has 1 aliphatic heterocycles. The van der Waals surface area contributed by atoms with Gasteiger partial charge < -0.3 is 20.1 Å². The van der Waals surface area contributed by atoms with E-state index < -0.39 is 29.3 Å². The standard InChI is InChI=1S/C30H46O5/c1-26(2)22-15-24(33)30(7)20-9-8-18(17-14-19(31)25(34)27(3,4)35-16-17)28(20,5)12-10-21(30)29(22,6)13-11-23(26)32/h9,11,13,17-19,21-22,24-25,31,33-34H,8,10,12,14-16H2,1-7H3/t17-,18+,19-,21-,22-,24-,25+,28+,29-,30+/m1/s1. The quantitative estimate of drug-likeness (QED) is 0.477. The molecule has 0 spiro atoms. The van der Waals surface area contributed by atoms with Gasteiger partial charge in [0.25, 0.3) is 0 Å². The monoisotopic (exact) mass is 486 g/mol. The smallest absolute Gasteiger partial charge is 0.161 e. The summed E-state index contributed by atoms with van der Waals surface area (Å²) in [7, 11) is 0. The minimum Gasteiger partial charge on any atom is -0.392 e. The predicted molar refractivity (Wildman–Crippen MR) is 135 cm³/mol. The van der Waals surface area contributed by atoms with Crippen molar-refractivity contribution in [3.63, 3.8) is 0 Å². The number of rotatable bonds is 1. The average molecular weight is 487 g/mol. The van der Waals surface area contributed by atoms with Gasteiger partial charge in [-0.1, -0.05) is 52.3 Å². The second-order valence-corrected chi connectivity index (χ2v) is 14.3. The zero-order valence-corrected chi connectivity index (χ0v) is 22.7. The van der Waals surface area contributed by atoms with Crippen molar-refractivity contribution in [2.24, 2.45) is 45.3 Å². The molecule has 3 fully saturated rings. The van der Waals surface area contributed by atoms with Crippen LogP contribution >= 0.6 is 0 Å². The Hall–Kier alpha value is -1.01. The minimum atomic E-state index is -0.899. The number of ketones is 1. The van der Waals surface area contributed by atoms with Crippen molar-refractivity contribution in [3.05, 3.63) is 23.8 Å². The number of carbonyl (C=O) groups excluding carboxylic acids is 1. The van der Waals surface area contributed by atoms with Gasteiger partial charge in [-0.3, -0.25) is 4.79 Å². The SMILES string of the molecule is CC1(C)OC[C@H]([C@@H]2CC=C3[C@]4(C)[C@H](O)C[C@@H]5C(C)(C)C(=O)C=C[C@]5(C)[C@H]4CC[C@]32C)C[C@@H](O)[C@@H]1O. The van der Waals surface area contributed by atoms with Crippen LogP contribution in [0, 0.1) is 45.3 Å². The van der Waals surface area contributed by atoms with Gasteiger partial charge in [0.15, 0.2) is 5.78 Å². The largest absolute Gasteiger partial charge is 0.392 e. The molecule has 0 radical (unpaired) electrons. The van der Waals surface area contributed by atoms with Crippen molar-refractivity contribution >= 4 is 5.78 Å². The molecule has 1 heterocycles. The molecule has 3 N–H and O–H groups in total. The Labute approximate surface area is 211 Å². The summed E-state index contributed by atoms with van der Waals surface area (Å²) in [6, 6.07) is 0. The third-order valence-electron chi connectivity index (χ3n) is 11.9. The van der Waals surface area contributed by atoms with Crippen LogP contribution in [0.5, 0.6) is 0 Å². The number of aliphatic hydroxyl groups is 3. The first-order valence-corrected chi connectivity index (χ1v) is 13.7. The van der Waals surface area contributed by atoms with E-state index in [-0.39, 0.29) is 39.8 Å². The maximum absolute atomic E-state index is 12.8. The van der Waals surface area contributed by atoms with E-state index in [1.807, 2.05) is 19.9 Å². The molecule has 1 saturated heterocycles. The lowest BCUT2D eigenvalue weighted by atomic mass is 9.38. The summed E-state index contributed by atoms with van der Waals surface area (Å²) in [6.07, 6.45) is 8.30.